The van der Waals surface area contributed by atoms with Crippen LogP contribution in [0.15, 0.2) is 47.4 Å². The number of nitrogens with zero attached hydrogens (tertiary/aromatic N) is 4. The molecule has 1 aliphatic rings. The first kappa shape index (κ1) is 27.8. The van der Waals surface area contributed by atoms with Gasteiger partial charge in [0.15, 0.2) is 0 Å². The minimum absolute atomic E-state index is 0.0346. The molecule has 1 aromatic heterocycles. The van der Waals surface area contributed by atoms with Crippen molar-refractivity contribution in [3.8, 4) is 0 Å². The number of hydrogen-bond acceptors (Lipinski definition) is 5. The molecule has 0 aliphatic carbocycles. The Morgan fingerprint density at radius 3 is 2.61 bits per heavy atom. The van der Waals surface area contributed by atoms with Gasteiger partial charge in [0.05, 0.1) is 17.2 Å². The van der Waals surface area contributed by atoms with Crippen molar-refractivity contribution in [3.63, 3.8) is 0 Å². The fourth-order valence-corrected chi connectivity index (χ4v) is 5.14. The lowest BCUT2D eigenvalue weighted by molar-refractivity contribution is 0.000178. The number of rotatable bonds is 6. The molecule has 7 nitrogen and oxygen atoms in total. The molecular weight excluding hydrogens is 483 g/mol. The summed E-state index contributed by atoms with van der Waals surface area (Å²) in [7, 11) is 0. The second kappa shape index (κ2) is 11.2. The standard InChI is InChI=1S/C30H39FN4O3/c1-20-7-10-26-27(15-20)34(28(36)18-32-26)14-13-33-12-11-24(16-22(33)3)35(29(37)38-30(4,5)6)19-23-9-8-21(2)25(31)17-23/h7-10,15,17-18,22,24H,11-14,16,19H2,1-6H3. The van der Waals surface area contributed by atoms with E-state index in [9.17, 15) is 14.0 Å². The molecule has 1 amide bonds. The lowest BCUT2D eigenvalue weighted by Gasteiger charge is -2.42. The summed E-state index contributed by atoms with van der Waals surface area (Å²) in [6, 6.07) is 11.2. The number of carbonyl (C=O) groups is 1. The van der Waals surface area contributed by atoms with Crippen LogP contribution in [0.3, 0.4) is 0 Å². The molecule has 0 N–H and O–H groups in total. The van der Waals surface area contributed by atoms with Gasteiger partial charge in [0.25, 0.3) is 5.56 Å². The van der Waals surface area contributed by atoms with E-state index in [0.29, 0.717) is 18.7 Å². The van der Waals surface area contributed by atoms with Crippen molar-refractivity contribution in [2.45, 2.75) is 85.2 Å². The Hall–Kier alpha value is -3.26. The molecule has 1 fully saturated rings. The number of aryl methyl sites for hydroxylation is 2. The van der Waals surface area contributed by atoms with Gasteiger partial charge in [-0.25, -0.2) is 14.2 Å². The van der Waals surface area contributed by atoms with Crippen molar-refractivity contribution in [3.05, 3.63) is 75.5 Å². The zero-order valence-electron chi connectivity index (χ0n) is 23.3. The van der Waals surface area contributed by atoms with Crippen LogP contribution in [-0.4, -0.2) is 56.2 Å². The van der Waals surface area contributed by atoms with Crippen LogP contribution in [0.4, 0.5) is 9.18 Å². The molecule has 4 rings (SSSR count). The maximum Gasteiger partial charge on any atom is 0.410 e. The fraction of sp³-hybridized carbons (Fsp3) is 0.500. The number of aromatic nitrogens is 2. The van der Waals surface area contributed by atoms with Crippen LogP contribution in [0.25, 0.3) is 11.0 Å². The van der Waals surface area contributed by atoms with Crippen molar-refractivity contribution in [1.29, 1.82) is 0 Å². The molecule has 0 bridgehead atoms. The van der Waals surface area contributed by atoms with Gasteiger partial charge in [-0.05, 0) is 89.3 Å². The third-order valence-electron chi connectivity index (χ3n) is 7.26. The van der Waals surface area contributed by atoms with E-state index < -0.39 is 5.60 Å². The monoisotopic (exact) mass is 522 g/mol. The Balaban J connectivity index is 1.48. The van der Waals surface area contributed by atoms with Crippen molar-refractivity contribution < 1.29 is 13.9 Å². The highest BCUT2D eigenvalue weighted by molar-refractivity contribution is 5.75. The van der Waals surface area contributed by atoms with Crippen molar-refractivity contribution in [2.75, 3.05) is 13.1 Å². The number of fused-ring (bicyclic) bond motifs is 1. The average Bonchev–Trinajstić information content (AvgIpc) is 2.83. The van der Waals surface area contributed by atoms with E-state index in [2.05, 4.69) is 16.8 Å². The SMILES string of the molecule is Cc1ccc2ncc(=O)n(CCN3CCC(N(Cc4ccc(C)c(F)c4)C(=O)OC(C)(C)C)CC3C)c2c1. The van der Waals surface area contributed by atoms with Crippen molar-refractivity contribution >= 4 is 17.1 Å². The number of hydrogen-bond donors (Lipinski definition) is 0. The molecule has 2 atom stereocenters. The van der Waals surface area contributed by atoms with Crippen LogP contribution in [-0.2, 0) is 17.8 Å². The minimum Gasteiger partial charge on any atom is -0.444 e. The van der Waals surface area contributed by atoms with Crippen LogP contribution < -0.4 is 5.56 Å². The first-order valence-electron chi connectivity index (χ1n) is 13.4. The van der Waals surface area contributed by atoms with Gasteiger partial charge in [0.2, 0.25) is 0 Å². The molecule has 0 saturated carbocycles. The second-order valence-electron chi connectivity index (χ2n) is 11.5. The number of piperidine rings is 1. The quantitative estimate of drug-likeness (QED) is 0.431. The summed E-state index contributed by atoms with van der Waals surface area (Å²) >= 11 is 0. The fourth-order valence-electron chi connectivity index (χ4n) is 5.14. The molecular formula is C30H39FN4O3. The highest BCUT2D eigenvalue weighted by Crippen LogP contribution is 2.26. The first-order chi connectivity index (χ1) is 17.9. The van der Waals surface area contributed by atoms with Gasteiger partial charge in [0.1, 0.15) is 11.4 Å². The summed E-state index contributed by atoms with van der Waals surface area (Å²) < 4.78 is 21.8. The van der Waals surface area contributed by atoms with E-state index in [4.69, 9.17) is 4.74 Å². The molecule has 2 unspecified atom stereocenters. The minimum atomic E-state index is -0.626. The summed E-state index contributed by atoms with van der Waals surface area (Å²) in [6.07, 6.45) is 2.54. The van der Waals surface area contributed by atoms with Gasteiger partial charge in [-0.15, -0.1) is 0 Å². The van der Waals surface area contributed by atoms with Gasteiger partial charge >= 0.3 is 6.09 Å². The van der Waals surface area contributed by atoms with Crippen LogP contribution in [0, 0.1) is 19.7 Å². The molecule has 38 heavy (non-hydrogen) atoms. The lowest BCUT2D eigenvalue weighted by Crippen LogP contribution is -2.52. The Bertz CT molecular complexity index is 1360. The summed E-state index contributed by atoms with van der Waals surface area (Å²) in [6.45, 7) is 13.8. The summed E-state index contributed by atoms with van der Waals surface area (Å²) in [5, 5.41) is 0. The molecule has 2 aromatic carbocycles. The van der Waals surface area contributed by atoms with Gasteiger partial charge in [-0.2, -0.15) is 0 Å². The van der Waals surface area contributed by atoms with Crippen LogP contribution >= 0.6 is 0 Å². The Morgan fingerprint density at radius 1 is 1.16 bits per heavy atom. The summed E-state index contributed by atoms with van der Waals surface area (Å²) in [5.74, 6) is -0.274. The third kappa shape index (κ3) is 6.59. The van der Waals surface area contributed by atoms with E-state index in [1.807, 2.05) is 52.0 Å². The van der Waals surface area contributed by atoms with Gasteiger partial charge in [-0.1, -0.05) is 18.2 Å². The number of amides is 1. The zero-order valence-corrected chi connectivity index (χ0v) is 23.3. The predicted molar refractivity (Wildman–Crippen MR) is 148 cm³/mol. The highest BCUT2D eigenvalue weighted by Gasteiger charge is 2.34. The first-order valence-corrected chi connectivity index (χ1v) is 13.4. The number of likely N-dealkylation sites (tertiary alicyclic amines) is 1. The number of benzene rings is 2. The maximum atomic E-state index is 14.3. The maximum absolute atomic E-state index is 14.3. The van der Waals surface area contributed by atoms with Crippen molar-refractivity contribution in [1.82, 2.24) is 19.4 Å². The van der Waals surface area contributed by atoms with Crippen LogP contribution in [0.5, 0.6) is 0 Å². The van der Waals surface area contributed by atoms with Crippen LogP contribution in [0.2, 0.25) is 0 Å². The Morgan fingerprint density at radius 2 is 1.92 bits per heavy atom. The summed E-state index contributed by atoms with van der Waals surface area (Å²) in [4.78, 5) is 34.3. The topological polar surface area (TPSA) is 67.7 Å². The molecule has 0 radical (unpaired) electrons. The molecule has 2 heterocycles. The van der Waals surface area contributed by atoms with Crippen molar-refractivity contribution in [2.24, 2.45) is 0 Å². The lowest BCUT2D eigenvalue weighted by atomic mass is 9.96. The predicted octanol–water partition coefficient (Wildman–Crippen LogP) is 5.44. The zero-order chi connectivity index (χ0) is 27.6. The highest BCUT2D eigenvalue weighted by atomic mass is 19.1. The second-order valence-corrected chi connectivity index (χ2v) is 11.5. The number of halogens is 1. The smallest absolute Gasteiger partial charge is 0.410 e. The van der Waals surface area contributed by atoms with E-state index in [1.165, 1.54) is 12.3 Å². The van der Waals surface area contributed by atoms with Gasteiger partial charge in [0, 0.05) is 38.3 Å². The molecule has 1 saturated heterocycles. The molecule has 8 heteroatoms. The third-order valence-corrected chi connectivity index (χ3v) is 7.26. The van der Waals surface area contributed by atoms with E-state index in [0.717, 1.165) is 48.1 Å². The van der Waals surface area contributed by atoms with E-state index in [-0.39, 0.29) is 29.6 Å². The van der Waals surface area contributed by atoms with Gasteiger partial charge < -0.3 is 14.2 Å². The van der Waals surface area contributed by atoms with Crippen LogP contribution in [0.1, 0.15) is 57.2 Å². The largest absolute Gasteiger partial charge is 0.444 e. The normalized spacial score (nSPS) is 18.5. The Labute approximate surface area is 224 Å². The molecule has 204 valence electrons. The Kier molecular flexibility index (Phi) is 8.21. The number of ether oxygens (including phenoxy) is 1. The number of carbonyl (C=O) groups excluding carboxylic acids is 1. The summed E-state index contributed by atoms with van der Waals surface area (Å²) in [5.41, 5.74) is 3.34. The van der Waals surface area contributed by atoms with Gasteiger partial charge in [-0.3, -0.25) is 9.69 Å². The van der Waals surface area contributed by atoms with E-state index in [1.54, 1.807) is 22.5 Å². The van der Waals surface area contributed by atoms with E-state index >= 15 is 0 Å². The molecule has 1 aliphatic heterocycles. The molecule has 0 spiro atoms. The average molecular weight is 523 g/mol. The molecule has 3 aromatic rings.